The SMILES string of the molecule is CCCCc1ccc(C(=O)N2C3CCC2CC(O)C3)cc1. The van der Waals surface area contributed by atoms with E-state index < -0.39 is 0 Å². The lowest BCUT2D eigenvalue weighted by molar-refractivity contribution is 0.0287. The number of aliphatic hydroxyl groups is 1. The first kappa shape index (κ1) is 14.6. The summed E-state index contributed by atoms with van der Waals surface area (Å²) in [5.74, 6) is 0.149. The average molecular weight is 287 g/mol. The van der Waals surface area contributed by atoms with Crippen LogP contribution in [0.15, 0.2) is 24.3 Å². The van der Waals surface area contributed by atoms with Crippen molar-refractivity contribution in [2.45, 2.75) is 70.1 Å². The molecule has 3 heteroatoms. The predicted molar refractivity (Wildman–Crippen MR) is 83.3 cm³/mol. The van der Waals surface area contributed by atoms with Crippen LogP contribution in [0.1, 0.15) is 61.4 Å². The molecular weight excluding hydrogens is 262 g/mol. The summed E-state index contributed by atoms with van der Waals surface area (Å²) in [5, 5.41) is 9.84. The van der Waals surface area contributed by atoms with Gasteiger partial charge in [0.15, 0.2) is 0 Å². The third kappa shape index (κ3) is 2.98. The van der Waals surface area contributed by atoms with Crippen LogP contribution in [0, 0.1) is 0 Å². The highest BCUT2D eigenvalue weighted by atomic mass is 16.3. The molecule has 1 aromatic rings. The van der Waals surface area contributed by atoms with Crippen LogP contribution in [-0.2, 0) is 6.42 Å². The highest BCUT2D eigenvalue weighted by Gasteiger charge is 2.42. The fourth-order valence-electron chi connectivity index (χ4n) is 3.82. The van der Waals surface area contributed by atoms with E-state index in [0.717, 1.165) is 37.7 Å². The average Bonchev–Trinajstić information content (AvgIpc) is 2.77. The van der Waals surface area contributed by atoms with Gasteiger partial charge in [-0.2, -0.15) is 0 Å². The summed E-state index contributed by atoms with van der Waals surface area (Å²) in [4.78, 5) is 14.8. The van der Waals surface area contributed by atoms with Gasteiger partial charge in [-0.1, -0.05) is 25.5 Å². The molecule has 2 bridgehead atoms. The quantitative estimate of drug-likeness (QED) is 0.924. The van der Waals surface area contributed by atoms with Gasteiger partial charge in [0.25, 0.3) is 5.91 Å². The number of aliphatic hydroxyl groups excluding tert-OH is 1. The van der Waals surface area contributed by atoms with Crippen LogP contribution in [0.2, 0.25) is 0 Å². The second-order valence-corrected chi connectivity index (χ2v) is 6.52. The van der Waals surface area contributed by atoms with E-state index in [0.29, 0.717) is 0 Å². The Balaban J connectivity index is 1.71. The van der Waals surface area contributed by atoms with Crippen molar-refractivity contribution in [3.8, 4) is 0 Å². The summed E-state index contributed by atoms with van der Waals surface area (Å²) < 4.78 is 0. The number of aryl methyl sites for hydroxylation is 1. The Labute approximate surface area is 127 Å². The minimum Gasteiger partial charge on any atom is -0.393 e. The van der Waals surface area contributed by atoms with Crippen LogP contribution >= 0.6 is 0 Å². The van der Waals surface area contributed by atoms with E-state index in [2.05, 4.69) is 19.1 Å². The molecule has 2 fully saturated rings. The lowest BCUT2D eigenvalue weighted by Gasteiger charge is -2.37. The fraction of sp³-hybridized carbons (Fsp3) is 0.611. The third-order valence-corrected chi connectivity index (χ3v) is 4.96. The molecule has 2 aliphatic rings. The molecule has 3 rings (SSSR count). The molecule has 0 saturated carbocycles. The second-order valence-electron chi connectivity index (χ2n) is 6.52. The van der Waals surface area contributed by atoms with E-state index in [1.807, 2.05) is 17.0 Å². The van der Waals surface area contributed by atoms with Gasteiger partial charge < -0.3 is 10.0 Å². The zero-order valence-electron chi connectivity index (χ0n) is 12.8. The molecule has 0 aromatic heterocycles. The molecule has 0 spiro atoms. The van der Waals surface area contributed by atoms with Crippen molar-refractivity contribution in [3.63, 3.8) is 0 Å². The number of carbonyl (C=O) groups excluding carboxylic acids is 1. The van der Waals surface area contributed by atoms with Crippen molar-refractivity contribution >= 4 is 5.91 Å². The van der Waals surface area contributed by atoms with Gasteiger partial charge in [-0.15, -0.1) is 0 Å². The van der Waals surface area contributed by atoms with Crippen molar-refractivity contribution in [1.82, 2.24) is 4.90 Å². The predicted octanol–water partition coefficient (Wildman–Crippen LogP) is 3.16. The van der Waals surface area contributed by atoms with Gasteiger partial charge in [0.2, 0.25) is 0 Å². The van der Waals surface area contributed by atoms with Crippen LogP contribution in [0.4, 0.5) is 0 Å². The van der Waals surface area contributed by atoms with E-state index in [1.54, 1.807) is 0 Å². The molecule has 1 amide bonds. The molecule has 2 unspecified atom stereocenters. The van der Waals surface area contributed by atoms with E-state index in [4.69, 9.17) is 0 Å². The molecule has 21 heavy (non-hydrogen) atoms. The van der Waals surface area contributed by atoms with Crippen LogP contribution < -0.4 is 0 Å². The molecule has 0 radical (unpaired) electrons. The van der Waals surface area contributed by atoms with E-state index in [-0.39, 0.29) is 24.1 Å². The van der Waals surface area contributed by atoms with E-state index in [1.165, 1.54) is 18.4 Å². The monoisotopic (exact) mass is 287 g/mol. The molecule has 1 aromatic carbocycles. The Hall–Kier alpha value is -1.35. The number of amides is 1. The highest BCUT2D eigenvalue weighted by Crippen LogP contribution is 2.36. The number of piperidine rings is 1. The minimum absolute atomic E-state index is 0.149. The van der Waals surface area contributed by atoms with Gasteiger partial charge in [-0.05, 0) is 56.2 Å². The summed E-state index contributed by atoms with van der Waals surface area (Å²) in [6, 6.07) is 8.60. The van der Waals surface area contributed by atoms with Crippen molar-refractivity contribution in [3.05, 3.63) is 35.4 Å². The molecule has 0 aliphatic carbocycles. The first-order chi connectivity index (χ1) is 10.2. The normalized spacial score (nSPS) is 27.9. The van der Waals surface area contributed by atoms with Gasteiger partial charge in [0.05, 0.1) is 6.10 Å². The smallest absolute Gasteiger partial charge is 0.254 e. The van der Waals surface area contributed by atoms with Crippen LogP contribution in [-0.4, -0.2) is 34.1 Å². The maximum atomic E-state index is 12.7. The molecule has 2 heterocycles. The first-order valence-corrected chi connectivity index (χ1v) is 8.28. The van der Waals surface area contributed by atoms with Crippen molar-refractivity contribution in [1.29, 1.82) is 0 Å². The largest absolute Gasteiger partial charge is 0.393 e. The molecule has 2 atom stereocenters. The minimum atomic E-state index is -0.219. The maximum Gasteiger partial charge on any atom is 0.254 e. The number of hydrogen-bond acceptors (Lipinski definition) is 2. The van der Waals surface area contributed by atoms with Crippen LogP contribution in [0.25, 0.3) is 0 Å². The third-order valence-electron chi connectivity index (χ3n) is 4.96. The Morgan fingerprint density at radius 1 is 1.19 bits per heavy atom. The zero-order valence-corrected chi connectivity index (χ0v) is 12.8. The summed E-state index contributed by atoms with van der Waals surface area (Å²) in [7, 11) is 0. The van der Waals surface area contributed by atoms with Crippen molar-refractivity contribution in [2.75, 3.05) is 0 Å². The van der Waals surface area contributed by atoms with Crippen LogP contribution in [0.5, 0.6) is 0 Å². The highest BCUT2D eigenvalue weighted by molar-refractivity contribution is 5.95. The van der Waals surface area contributed by atoms with Gasteiger partial charge >= 0.3 is 0 Å². The molecule has 114 valence electrons. The Kier molecular flexibility index (Phi) is 4.29. The number of benzene rings is 1. The lowest BCUT2D eigenvalue weighted by atomic mass is 9.98. The Bertz CT molecular complexity index is 482. The number of fused-ring (bicyclic) bond motifs is 2. The molecule has 2 aliphatic heterocycles. The number of carbonyl (C=O) groups is 1. The summed E-state index contributed by atoms with van der Waals surface area (Å²) in [5.41, 5.74) is 2.11. The van der Waals surface area contributed by atoms with Crippen LogP contribution in [0.3, 0.4) is 0 Å². The Morgan fingerprint density at radius 3 is 2.38 bits per heavy atom. The summed E-state index contributed by atoms with van der Waals surface area (Å²) in [6.45, 7) is 2.19. The first-order valence-electron chi connectivity index (χ1n) is 8.28. The molecular formula is C18H25NO2. The standard InChI is InChI=1S/C18H25NO2/c1-2-3-4-13-5-7-14(8-6-13)18(21)19-15-9-10-16(19)12-17(20)11-15/h5-8,15-17,20H,2-4,9-12H2,1H3. The topological polar surface area (TPSA) is 40.5 Å². The van der Waals surface area contributed by atoms with Gasteiger partial charge in [0, 0.05) is 17.6 Å². The maximum absolute atomic E-state index is 12.7. The molecule has 1 N–H and O–H groups in total. The molecule has 3 nitrogen and oxygen atoms in total. The van der Waals surface area contributed by atoms with Gasteiger partial charge in [0.1, 0.15) is 0 Å². The summed E-state index contributed by atoms with van der Waals surface area (Å²) in [6.07, 6.45) is 6.84. The number of unbranched alkanes of at least 4 members (excludes halogenated alkanes) is 1. The van der Waals surface area contributed by atoms with E-state index >= 15 is 0 Å². The van der Waals surface area contributed by atoms with E-state index in [9.17, 15) is 9.90 Å². The second kappa shape index (κ2) is 6.18. The molecule has 2 saturated heterocycles. The van der Waals surface area contributed by atoms with Gasteiger partial charge in [-0.3, -0.25) is 4.79 Å². The summed E-state index contributed by atoms with van der Waals surface area (Å²) >= 11 is 0. The lowest BCUT2D eigenvalue weighted by Crippen LogP contribution is -2.47. The van der Waals surface area contributed by atoms with Crippen molar-refractivity contribution in [2.24, 2.45) is 0 Å². The number of hydrogen-bond donors (Lipinski definition) is 1. The number of nitrogens with zero attached hydrogens (tertiary/aromatic N) is 1. The Morgan fingerprint density at radius 2 is 1.81 bits per heavy atom. The number of rotatable bonds is 4. The zero-order chi connectivity index (χ0) is 14.8. The fourth-order valence-corrected chi connectivity index (χ4v) is 3.82. The van der Waals surface area contributed by atoms with Gasteiger partial charge in [-0.25, -0.2) is 0 Å². The van der Waals surface area contributed by atoms with Crippen molar-refractivity contribution < 1.29 is 9.90 Å².